The second kappa shape index (κ2) is 6.88. The van der Waals surface area contributed by atoms with Gasteiger partial charge in [-0.3, -0.25) is 4.79 Å². The van der Waals surface area contributed by atoms with Crippen molar-refractivity contribution in [3.63, 3.8) is 0 Å². The van der Waals surface area contributed by atoms with Crippen molar-refractivity contribution in [2.24, 2.45) is 11.8 Å². The summed E-state index contributed by atoms with van der Waals surface area (Å²) in [5.74, 6) is 0.412. The Kier molecular flexibility index (Phi) is 5.44. The summed E-state index contributed by atoms with van der Waals surface area (Å²) in [6.07, 6.45) is 1.17. The van der Waals surface area contributed by atoms with Crippen molar-refractivity contribution in [2.45, 2.75) is 47.2 Å². The van der Waals surface area contributed by atoms with E-state index in [1.807, 2.05) is 19.9 Å². The predicted octanol–water partition coefficient (Wildman–Crippen LogP) is 1.77. The van der Waals surface area contributed by atoms with Gasteiger partial charge in [0.05, 0.1) is 11.8 Å². The number of hydrogen-bond acceptors (Lipinski definition) is 3. The Labute approximate surface area is 145 Å². The molecule has 1 fully saturated rings. The topological polar surface area (TPSA) is 71.4 Å². The third-order valence-electron chi connectivity index (χ3n) is 4.99. The minimum atomic E-state index is -3.29. The summed E-state index contributed by atoms with van der Waals surface area (Å²) in [7, 11) is -3.29. The minimum Gasteiger partial charge on any atom is -0.349 e. The van der Waals surface area contributed by atoms with Crippen LogP contribution in [0.3, 0.4) is 0 Å². The van der Waals surface area contributed by atoms with Gasteiger partial charge in [0.15, 0.2) is 0 Å². The third kappa shape index (κ3) is 3.83. The van der Waals surface area contributed by atoms with Gasteiger partial charge in [-0.05, 0) is 38.7 Å². The first-order valence-corrected chi connectivity index (χ1v) is 10.4. The highest BCUT2D eigenvalue weighted by Crippen LogP contribution is 2.27. The average Bonchev–Trinajstić information content (AvgIpc) is 2.98. The van der Waals surface area contributed by atoms with Gasteiger partial charge in [0.1, 0.15) is 0 Å². The monoisotopic (exact) mass is 355 g/mol. The fourth-order valence-electron chi connectivity index (χ4n) is 3.74. The molecule has 24 heavy (non-hydrogen) atoms. The molecule has 0 spiro atoms. The van der Waals surface area contributed by atoms with Crippen LogP contribution in [0.25, 0.3) is 0 Å². The Morgan fingerprint density at radius 2 is 1.96 bits per heavy atom. The smallest absolute Gasteiger partial charge is 0.255 e. The Hall–Kier alpha value is -1.34. The molecule has 1 amide bonds. The van der Waals surface area contributed by atoms with Gasteiger partial charge in [-0.15, -0.1) is 0 Å². The van der Waals surface area contributed by atoms with Gasteiger partial charge in [0.2, 0.25) is 10.0 Å². The van der Waals surface area contributed by atoms with E-state index in [4.69, 9.17) is 0 Å². The van der Waals surface area contributed by atoms with Crippen LogP contribution in [0.5, 0.6) is 0 Å². The highest BCUT2D eigenvalue weighted by Gasteiger charge is 2.39. The van der Waals surface area contributed by atoms with E-state index in [9.17, 15) is 13.2 Å². The van der Waals surface area contributed by atoms with Crippen molar-refractivity contribution in [2.75, 3.05) is 19.3 Å². The number of carbonyl (C=O) groups excluding carboxylic acids is 1. The van der Waals surface area contributed by atoms with Gasteiger partial charge < -0.3 is 9.47 Å². The van der Waals surface area contributed by atoms with Crippen molar-refractivity contribution in [1.82, 2.24) is 14.2 Å². The number of rotatable bonds is 5. The van der Waals surface area contributed by atoms with Crippen molar-refractivity contribution in [1.29, 1.82) is 0 Å². The molecule has 0 saturated carbocycles. The number of aromatic nitrogens is 1. The Morgan fingerprint density at radius 1 is 1.33 bits per heavy atom. The average molecular weight is 356 g/mol. The summed E-state index contributed by atoms with van der Waals surface area (Å²) in [5.41, 5.74) is 2.77. The molecule has 6 nitrogen and oxygen atoms in total. The molecule has 1 aliphatic heterocycles. The highest BCUT2D eigenvalue weighted by molar-refractivity contribution is 7.88. The molecule has 136 valence electrons. The molecule has 2 unspecified atom stereocenters. The first-order valence-electron chi connectivity index (χ1n) is 8.48. The number of sulfonamides is 1. The van der Waals surface area contributed by atoms with Crippen LogP contribution in [0, 0.1) is 25.7 Å². The zero-order chi connectivity index (χ0) is 18.2. The fourth-order valence-corrected chi connectivity index (χ4v) is 4.54. The lowest BCUT2D eigenvalue weighted by atomic mass is 9.92. The van der Waals surface area contributed by atoms with E-state index < -0.39 is 10.0 Å². The normalized spacial score (nSPS) is 21.7. The second-order valence-corrected chi connectivity index (χ2v) is 8.92. The van der Waals surface area contributed by atoms with E-state index in [1.165, 1.54) is 6.26 Å². The molecule has 1 aliphatic rings. The Balaban J connectivity index is 2.25. The second-order valence-electron chi connectivity index (χ2n) is 7.14. The molecule has 2 atom stereocenters. The summed E-state index contributed by atoms with van der Waals surface area (Å²) in [6, 6.07) is 1.71. The predicted molar refractivity (Wildman–Crippen MR) is 95.6 cm³/mol. The van der Waals surface area contributed by atoms with Gasteiger partial charge in [0.25, 0.3) is 5.91 Å². The molecule has 0 bridgehead atoms. The van der Waals surface area contributed by atoms with E-state index in [0.717, 1.165) is 23.5 Å². The maximum atomic E-state index is 13.0. The van der Waals surface area contributed by atoms with Crippen LogP contribution >= 0.6 is 0 Å². The first kappa shape index (κ1) is 19.0. The molecule has 7 heteroatoms. The molecule has 0 radical (unpaired) electrons. The first-order chi connectivity index (χ1) is 11.0. The maximum Gasteiger partial charge on any atom is 0.255 e. The van der Waals surface area contributed by atoms with Crippen molar-refractivity contribution in [3.05, 3.63) is 23.0 Å². The van der Waals surface area contributed by atoms with Gasteiger partial charge in [0, 0.05) is 37.1 Å². The van der Waals surface area contributed by atoms with Crippen LogP contribution in [-0.2, 0) is 16.6 Å². The van der Waals surface area contributed by atoms with Crippen LogP contribution < -0.4 is 4.72 Å². The standard InChI is InChI=1S/C17H29N3O3S/c1-7-20-12(4)8-14(13(20)5)17(21)19-9-15(11(2)3)16(10-19)18-24(6,22)23/h8,11,15-16,18H,7,9-10H2,1-6H3. The Bertz CT molecular complexity index is 722. The molecule has 1 N–H and O–H groups in total. The lowest BCUT2D eigenvalue weighted by Crippen LogP contribution is -2.41. The lowest BCUT2D eigenvalue weighted by Gasteiger charge is -2.21. The van der Waals surface area contributed by atoms with Crippen molar-refractivity contribution in [3.8, 4) is 0 Å². The van der Waals surface area contributed by atoms with E-state index in [0.29, 0.717) is 19.0 Å². The largest absolute Gasteiger partial charge is 0.349 e. The van der Waals surface area contributed by atoms with Crippen LogP contribution in [0.2, 0.25) is 0 Å². The molecule has 1 saturated heterocycles. The van der Waals surface area contributed by atoms with Gasteiger partial charge in [-0.1, -0.05) is 13.8 Å². The highest BCUT2D eigenvalue weighted by atomic mass is 32.2. The number of hydrogen-bond donors (Lipinski definition) is 1. The summed E-state index contributed by atoms with van der Waals surface area (Å²) in [4.78, 5) is 14.8. The number of nitrogens with zero attached hydrogens (tertiary/aromatic N) is 2. The number of likely N-dealkylation sites (tertiary alicyclic amines) is 1. The molecular formula is C17H29N3O3S. The van der Waals surface area contributed by atoms with E-state index in [2.05, 4.69) is 30.1 Å². The van der Waals surface area contributed by atoms with Crippen LogP contribution in [0.1, 0.15) is 42.5 Å². The third-order valence-corrected chi connectivity index (χ3v) is 5.73. The van der Waals surface area contributed by atoms with Crippen molar-refractivity contribution >= 4 is 15.9 Å². The van der Waals surface area contributed by atoms with E-state index in [1.54, 1.807) is 4.90 Å². The Morgan fingerprint density at radius 3 is 2.42 bits per heavy atom. The quantitative estimate of drug-likeness (QED) is 0.875. The number of aryl methyl sites for hydroxylation is 1. The lowest BCUT2D eigenvalue weighted by molar-refractivity contribution is 0.0782. The van der Waals surface area contributed by atoms with Crippen LogP contribution in [-0.4, -0.2) is 49.2 Å². The molecule has 2 heterocycles. The molecule has 1 aromatic heterocycles. The van der Waals surface area contributed by atoms with E-state index >= 15 is 0 Å². The van der Waals surface area contributed by atoms with Crippen LogP contribution in [0.4, 0.5) is 0 Å². The van der Waals surface area contributed by atoms with Gasteiger partial charge >= 0.3 is 0 Å². The van der Waals surface area contributed by atoms with Gasteiger partial charge in [-0.25, -0.2) is 13.1 Å². The number of amides is 1. The number of nitrogens with one attached hydrogen (secondary N) is 1. The zero-order valence-electron chi connectivity index (χ0n) is 15.5. The number of carbonyl (C=O) groups is 1. The fraction of sp³-hybridized carbons (Fsp3) is 0.706. The molecule has 1 aromatic rings. The summed E-state index contributed by atoms with van der Waals surface area (Å²) in [5, 5.41) is 0. The summed E-state index contributed by atoms with van der Waals surface area (Å²) < 4.78 is 28.1. The SMILES string of the molecule is CCn1c(C)cc(C(=O)N2CC(NS(C)(=O)=O)C(C(C)C)C2)c1C. The zero-order valence-corrected chi connectivity index (χ0v) is 16.3. The molecule has 0 aliphatic carbocycles. The minimum absolute atomic E-state index is 0.00810. The van der Waals surface area contributed by atoms with Gasteiger partial charge in [-0.2, -0.15) is 0 Å². The van der Waals surface area contributed by atoms with Crippen molar-refractivity contribution < 1.29 is 13.2 Å². The van der Waals surface area contributed by atoms with Crippen LogP contribution in [0.15, 0.2) is 6.07 Å². The molecule has 2 rings (SSSR count). The summed E-state index contributed by atoms with van der Waals surface area (Å²) in [6.45, 7) is 12.0. The van der Waals surface area contributed by atoms with E-state index in [-0.39, 0.29) is 17.9 Å². The molecular weight excluding hydrogens is 326 g/mol. The summed E-state index contributed by atoms with van der Waals surface area (Å²) >= 11 is 0. The molecule has 0 aromatic carbocycles. The maximum absolute atomic E-state index is 13.0.